The quantitative estimate of drug-likeness (QED) is 0.776. The van der Waals surface area contributed by atoms with Gasteiger partial charge in [-0.05, 0) is 29.7 Å². The SMILES string of the molecule is CCc1ccc(C2CNCCN2C(=O)c2cn(-c3ccccc3)nn2)cc1. The van der Waals surface area contributed by atoms with Gasteiger partial charge in [0.05, 0.1) is 17.9 Å². The molecule has 1 fully saturated rings. The molecular formula is C21H23N5O. The monoisotopic (exact) mass is 361 g/mol. The average Bonchev–Trinajstić information content (AvgIpc) is 3.24. The van der Waals surface area contributed by atoms with E-state index in [0.29, 0.717) is 12.2 Å². The first-order valence-corrected chi connectivity index (χ1v) is 9.34. The molecule has 1 amide bonds. The van der Waals surface area contributed by atoms with Crippen LogP contribution in [0.25, 0.3) is 5.69 Å². The minimum Gasteiger partial charge on any atom is -0.328 e. The Morgan fingerprint density at radius 3 is 2.67 bits per heavy atom. The van der Waals surface area contributed by atoms with Crippen LogP contribution in [0.3, 0.4) is 0 Å². The van der Waals surface area contributed by atoms with Gasteiger partial charge < -0.3 is 10.2 Å². The van der Waals surface area contributed by atoms with Gasteiger partial charge in [0.1, 0.15) is 0 Å². The minimum absolute atomic E-state index is 0.000897. The molecule has 3 aromatic rings. The van der Waals surface area contributed by atoms with E-state index >= 15 is 0 Å². The molecule has 1 saturated heterocycles. The summed E-state index contributed by atoms with van der Waals surface area (Å²) in [5, 5.41) is 11.6. The Hall–Kier alpha value is -2.99. The number of nitrogens with one attached hydrogen (secondary N) is 1. The molecule has 1 aliphatic rings. The van der Waals surface area contributed by atoms with Crippen molar-refractivity contribution in [3.05, 3.63) is 77.6 Å². The number of aromatic nitrogens is 3. The number of para-hydroxylation sites is 1. The predicted octanol–water partition coefficient (Wildman–Crippen LogP) is 2.62. The number of carbonyl (C=O) groups excluding carboxylic acids is 1. The Morgan fingerprint density at radius 2 is 1.93 bits per heavy atom. The van der Waals surface area contributed by atoms with E-state index in [-0.39, 0.29) is 11.9 Å². The van der Waals surface area contributed by atoms with Crippen molar-refractivity contribution in [2.24, 2.45) is 0 Å². The first-order valence-electron chi connectivity index (χ1n) is 9.34. The van der Waals surface area contributed by atoms with Crippen molar-refractivity contribution < 1.29 is 4.79 Å². The second-order valence-electron chi connectivity index (χ2n) is 6.70. The van der Waals surface area contributed by atoms with Gasteiger partial charge in [-0.25, -0.2) is 4.68 Å². The fourth-order valence-corrected chi connectivity index (χ4v) is 3.44. The summed E-state index contributed by atoms with van der Waals surface area (Å²) in [6.07, 6.45) is 2.71. The Morgan fingerprint density at radius 1 is 1.15 bits per heavy atom. The van der Waals surface area contributed by atoms with E-state index in [4.69, 9.17) is 0 Å². The molecule has 0 aliphatic carbocycles. The Bertz CT molecular complexity index is 904. The van der Waals surface area contributed by atoms with Crippen LogP contribution in [-0.2, 0) is 6.42 Å². The highest BCUT2D eigenvalue weighted by Gasteiger charge is 2.30. The van der Waals surface area contributed by atoms with Crippen molar-refractivity contribution in [3.8, 4) is 5.69 Å². The number of hydrogen-bond acceptors (Lipinski definition) is 4. The minimum atomic E-state index is -0.0803. The standard InChI is InChI=1S/C21H23N5O/c1-2-16-8-10-17(11-9-16)20-14-22-12-13-25(20)21(27)19-15-26(24-23-19)18-6-4-3-5-7-18/h3-11,15,20,22H,2,12-14H2,1H3. The number of piperazine rings is 1. The zero-order valence-corrected chi connectivity index (χ0v) is 15.4. The van der Waals surface area contributed by atoms with Crippen LogP contribution < -0.4 is 5.32 Å². The van der Waals surface area contributed by atoms with Crippen LogP contribution in [0.1, 0.15) is 34.6 Å². The van der Waals surface area contributed by atoms with Gasteiger partial charge in [0, 0.05) is 19.6 Å². The maximum atomic E-state index is 13.1. The summed E-state index contributed by atoms with van der Waals surface area (Å²) in [4.78, 5) is 15.0. The number of nitrogens with zero attached hydrogens (tertiary/aromatic N) is 4. The summed E-state index contributed by atoms with van der Waals surface area (Å²) in [6, 6.07) is 18.2. The van der Waals surface area contributed by atoms with E-state index in [0.717, 1.165) is 30.8 Å². The van der Waals surface area contributed by atoms with E-state index in [1.165, 1.54) is 5.56 Å². The molecule has 0 radical (unpaired) electrons. The van der Waals surface area contributed by atoms with Gasteiger partial charge in [0.15, 0.2) is 5.69 Å². The maximum Gasteiger partial charge on any atom is 0.276 e. The number of carbonyl (C=O) groups is 1. The molecule has 1 aliphatic heterocycles. The summed E-state index contributed by atoms with van der Waals surface area (Å²) in [5.41, 5.74) is 3.70. The maximum absolute atomic E-state index is 13.1. The smallest absolute Gasteiger partial charge is 0.276 e. The summed E-state index contributed by atoms with van der Waals surface area (Å²) >= 11 is 0. The summed E-state index contributed by atoms with van der Waals surface area (Å²) in [5.74, 6) is -0.0803. The van der Waals surface area contributed by atoms with Crippen LogP contribution in [0, 0.1) is 0 Å². The molecule has 138 valence electrons. The molecule has 0 bridgehead atoms. The zero-order valence-electron chi connectivity index (χ0n) is 15.4. The lowest BCUT2D eigenvalue weighted by Gasteiger charge is -2.36. The summed E-state index contributed by atoms with van der Waals surface area (Å²) in [6.45, 7) is 4.31. The first-order chi connectivity index (χ1) is 13.3. The number of benzene rings is 2. The second kappa shape index (κ2) is 7.72. The Labute approximate surface area is 158 Å². The predicted molar refractivity (Wildman–Crippen MR) is 104 cm³/mol. The molecule has 6 heteroatoms. The third kappa shape index (κ3) is 3.61. The molecule has 1 N–H and O–H groups in total. The summed E-state index contributed by atoms with van der Waals surface area (Å²) < 4.78 is 1.64. The van der Waals surface area contributed by atoms with E-state index < -0.39 is 0 Å². The molecule has 1 aromatic heterocycles. The lowest BCUT2D eigenvalue weighted by Crippen LogP contribution is -2.48. The normalized spacial score (nSPS) is 17.1. The molecule has 2 heterocycles. The third-order valence-corrected chi connectivity index (χ3v) is 5.01. The summed E-state index contributed by atoms with van der Waals surface area (Å²) in [7, 11) is 0. The van der Waals surface area contributed by atoms with Crippen molar-refractivity contribution in [1.29, 1.82) is 0 Å². The molecule has 6 nitrogen and oxygen atoms in total. The van der Waals surface area contributed by atoms with Crippen molar-refractivity contribution in [1.82, 2.24) is 25.2 Å². The van der Waals surface area contributed by atoms with Gasteiger partial charge in [-0.3, -0.25) is 4.79 Å². The first kappa shape index (κ1) is 17.4. The lowest BCUT2D eigenvalue weighted by atomic mass is 10.0. The largest absolute Gasteiger partial charge is 0.328 e. The van der Waals surface area contributed by atoms with Crippen LogP contribution in [0.5, 0.6) is 0 Å². The highest BCUT2D eigenvalue weighted by Crippen LogP contribution is 2.24. The van der Waals surface area contributed by atoms with Crippen LogP contribution in [-0.4, -0.2) is 45.4 Å². The third-order valence-electron chi connectivity index (χ3n) is 5.01. The topological polar surface area (TPSA) is 63.1 Å². The van der Waals surface area contributed by atoms with Gasteiger partial charge >= 0.3 is 0 Å². The number of rotatable bonds is 4. The van der Waals surface area contributed by atoms with Crippen molar-refractivity contribution in [2.45, 2.75) is 19.4 Å². The molecule has 1 atom stereocenters. The van der Waals surface area contributed by atoms with E-state index in [1.807, 2.05) is 35.2 Å². The Kier molecular flexibility index (Phi) is 4.98. The molecular weight excluding hydrogens is 338 g/mol. The molecule has 27 heavy (non-hydrogen) atoms. The molecule has 0 spiro atoms. The fraction of sp³-hybridized carbons (Fsp3) is 0.286. The van der Waals surface area contributed by atoms with E-state index in [1.54, 1.807) is 10.9 Å². The highest BCUT2D eigenvalue weighted by molar-refractivity contribution is 5.92. The van der Waals surface area contributed by atoms with Gasteiger partial charge in [0.2, 0.25) is 0 Å². The number of amides is 1. The number of aryl methyl sites for hydroxylation is 1. The molecule has 4 rings (SSSR count). The van der Waals surface area contributed by atoms with Gasteiger partial charge in [-0.15, -0.1) is 5.10 Å². The van der Waals surface area contributed by atoms with Crippen molar-refractivity contribution >= 4 is 5.91 Å². The zero-order chi connectivity index (χ0) is 18.6. The van der Waals surface area contributed by atoms with Crippen molar-refractivity contribution in [2.75, 3.05) is 19.6 Å². The molecule has 1 unspecified atom stereocenters. The van der Waals surface area contributed by atoms with E-state index in [9.17, 15) is 4.79 Å². The second-order valence-corrected chi connectivity index (χ2v) is 6.70. The van der Waals surface area contributed by atoms with Gasteiger partial charge in [-0.2, -0.15) is 0 Å². The highest BCUT2D eigenvalue weighted by atomic mass is 16.2. The van der Waals surface area contributed by atoms with Gasteiger partial charge in [-0.1, -0.05) is 54.6 Å². The van der Waals surface area contributed by atoms with Crippen LogP contribution in [0.4, 0.5) is 0 Å². The average molecular weight is 361 g/mol. The Balaban J connectivity index is 1.58. The number of hydrogen-bond donors (Lipinski definition) is 1. The van der Waals surface area contributed by atoms with Gasteiger partial charge in [0.25, 0.3) is 5.91 Å². The molecule has 0 saturated carbocycles. The van der Waals surface area contributed by atoms with Crippen LogP contribution in [0.15, 0.2) is 60.8 Å². The van der Waals surface area contributed by atoms with E-state index in [2.05, 4.69) is 46.8 Å². The molecule has 2 aromatic carbocycles. The van der Waals surface area contributed by atoms with Crippen LogP contribution >= 0.6 is 0 Å². The van der Waals surface area contributed by atoms with Crippen molar-refractivity contribution in [3.63, 3.8) is 0 Å². The lowest BCUT2D eigenvalue weighted by molar-refractivity contribution is 0.0628. The fourth-order valence-electron chi connectivity index (χ4n) is 3.44. The van der Waals surface area contributed by atoms with Crippen LogP contribution in [0.2, 0.25) is 0 Å².